The highest BCUT2D eigenvalue weighted by atomic mass is 31.2. The Labute approximate surface area is 515 Å². The van der Waals surface area contributed by atoms with Gasteiger partial charge in [0.05, 0.1) is 27.7 Å². The van der Waals surface area contributed by atoms with Gasteiger partial charge in [-0.2, -0.15) is 0 Å². The summed E-state index contributed by atoms with van der Waals surface area (Å²) in [6.07, 6.45) is 84.9. The molecule has 0 heterocycles. The molecule has 0 spiro atoms. The van der Waals surface area contributed by atoms with E-state index >= 15 is 0 Å². The minimum atomic E-state index is -4.65. The van der Waals surface area contributed by atoms with Crippen LogP contribution in [0.3, 0.4) is 0 Å². The zero-order valence-electron chi connectivity index (χ0n) is 55.4. The Morgan fingerprint density at radius 2 is 0.687 bits per heavy atom. The number of likely N-dealkylation sites (N-methyl/N-ethyl adjacent to an activating group) is 1. The van der Waals surface area contributed by atoms with Crippen LogP contribution in [-0.4, -0.2) is 70.0 Å². The van der Waals surface area contributed by atoms with Crippen LogP contribution in [0.5, 0.6) is 0 Å². The van der Waals surface area contributed by atoms with Gasteiger partial charge in [-0.15, -0.1) is 0 Å². The number of hydrogen-bond donors (Lipinski definition) is 0. The van der Waals surface area contributed by atoms with Crippen LogP contribution in [0.1, 0.15) is 341 Å². The Kier molecular flexibility index (Phi) is 62.4. The molecular weight excluding hydrogens is 1050 g/mol. The Balaban J connectivity index is 3.89. The zero-order chi connectivity index (χ0) is 60.5. The number of carbonyl (C=O) groups is 2. The predicted molar refractivity (Wildman–Crippen MR) is 356 cm³/mol. The minimum absolute atomic E-state index is 0.0385. The molecule has 0 rings (SSSR count). The van der Waals surface area contributed by atoms with E-state index in [0.717, 1.165) is 70.6 Å². The van der Waals surface area contributed by atoms with Gasteiger partial charge < -0.3 is 27.9 Å². The summed E-state index contributed by atoms with van der Waals surface area (Å²) in [7, 11) is 1.15. The van der Waals surface area contributed by atoms with Crippen molar-refractivity contribution < 1.29 is 42.1 Å². The second-order valence-corrected chi connectivity index (χ2v) is 26.6. The predicted octanol–water partition coefficient (Wildman–Crippen LogP) is 22.4. The number of quaternary nitrogens is 1. The van der Waals surface area contributed by atoms with Gasteiger partial charge in [0.15, 0.2) is 6.10 Å². The molecule has 0 saturated heterocycles. The molecule has 2 unspecified atom stereocenters. The monoisotopic (exact) mass is 1190 g/mol. The number of allylic oxidation sites excluding steroid dienone is 10. The van der Waals surface area contributed by atoms with Gasteiger partial charge in [0, 0.05) is 12.8 Å². The third kappa shape index (κ3) is 68.7. The van der Waals surface area contributed by atoms with E-state index in [1.165, 1.54) is 238 Å². The lowest BCUT2D eigenvalue weighted by Gasteiger charge is -2.28. The molecule has 0 aromatic rings. The summed E-state index contributed by atoms with van der Waals surface area (Å²) in [4.78, 5) is 38.0. The van der Waals surface area contributed by atoms with Crippen molar-refractivity contribution in [3.63, 3.8) is 0 Å². The molecule has 0 aliphatic rings. The summed E-state index contributed by atoms with van der Waals surface area (Å²) in [5.74, 6) is -0.861. The molecule has 0 radical (unpaired) electrons. The van der Waals surface area contributed by atoms with Crippen molar-refractivity contribution in [1.82, 2.24) is 0 Å². The number of hydrogen-bond acceptors (Lipinski definition) is 8. The first-order valence-electron chi connectivity index (χ1n) is 35.5. The van der Waals surface area contributed by atoms with Gasteiger partial charge in [-0.25, -0.2) is 0 Å². The summed E-state index contributed by atoms with van der Waals surface area (Å²) in [6.45, 7) is 4.13. The van der Waals surface area contributed by atoms with Crippen molar-refractivity contribution >= 4 is 19.8 Å². The van der Waals surface area contributed by atoms with Gasteiger partial charge in [-0.3, -0.25) is 14.2 Å². The lowest BCUT2D eigenvalue weighted by atomic mass is 10.0. The fourth-order valence-electron chi connectivity index (χ4n) is 10.4. The van der Waals surface area contributed by atoms with Crippen LogP contribution in [0.15, 0.2) is 60.8 Å². The molecule has 10 heteroatoms. The number of carbonyl (C=O) groups excluding carboxylic acids is 2. The molecular formula is C73H136NO8P. The molecule has 0 aromatic carbocycles. The molecule has 0 amide bonds. The van der Waals surface area contributed by atoms with Crippen LogP contribution in [0.2, 0.25) is 0 Å². The molecule has 0 N–H and O–H groups in total. The number of phosphoric acid groups is 1. The third-order valence-electron chi connectivity index (χ3n) is 15.8. The Bertz CT molecular complexity index is 1580. The van der Waals surface area contributed by atoms with Crippen LogP contribution in [0.4, 0.5) is 0 Å². The Morgan fingerprint density at radius 1 is 0.386 bits per heavy atom. The second-order valence-electron chi connectivity index (χ2n) is 25.2. The normalized spacial score (nSPS) is 13.5. The lowest BCUT2D eigenvalue weighted by Crippen LogP contribution is -2.37. The van der Waals surface area contributed by atoms with Gasteiger partial charge in [-0.1, -0.05) is 331 Å². The molecule has 0 aromatic heterocycles. The van der Waals surface area contributed by atoms with E-state index in [1.54, 1.807) is 0 Å². The average Bonchev–Trinajstić information content (AvgIpc) is 3.49. The first-order chi connectivity index (χ1) is 40.5. The van der Waals surface area contributed by atoms with Gasteiger partial charge in [0.25, 0.3) is 7.82 Å². The van der Waals surface area contributed by atoms with E-state index in [2.05, 4.69) is 74.6 Å². The SMILES string of the molecule is CC/C=C\C/C=C\C/C=C\C/C=C\C/C=C\CCCCCC(=O)OC(COC(=O)CCCCCCCCCCCCCCCCCCCCCCCCCCCCCCCCCCCCCCCCCC)COP(=O)([O-])OCC[N+](C)(C)C. The van der Waals surface area contributed by atoms with Crippen LogP contribution < -0.4 is 4.89 Å². The van der Waals surface area contributed by atoms with E-state index < -0.39 is 26.5 Å². The molecule has 2 atom stereocenters. The van der Waals surface area contributed by atoms with Crippen LogP contribution in [-0.2, 0) is 32.7 Å². The van der Waals surface area contributed by atoms with Crippen molar-refractivity contribution in [2.75, 3.05) is 47.5 Å². The summed E-state index contributed by atoms with van der Waals surface area (Å²) in [6, 6.07) is 0. The van der Waals surface area contributed by atoms with Gasteiger partial charge in [0.2, 0.25) is 0 Å². The van der Waals surface area contributed by atoms with Gasteiger partial charge in [-0.05, 0) is 57.8 Å². The summed E-state index contributed by atoms with van der Waals surface area (Å²) in [5, 5.41) is 0. The second kappa shape index (κ2) is 64.2. The first-order valence-corrected chi connectivity index (χ1v) is 37.0. The van der Waals surface area contributed by atoms with Crippen LogP contribution >= 0.6 is 7.82 Å². The quantitative estimate of drug-likeness (QED) is 0.0195. The molecule has 0 saturated carbocycles. The smallest absolute Gasteiger partial charge is 0.306 e. The maximum absolute atomic E-state index is 12.8. The van der Waals surface area contributed by atoms with Crippen LogP contribution in [0, 0.1) is 0 Å². The summed E-state index contributed by atoms with van der Waals surface area (Å²) < 4.78 is 34.2. The highest BCUT2D eigenvalue weighted by Gasteiger charge is 2.22. The van der Waals surface area contributed by atoms with Crippen molar-refractivity contribution in [1.29, 1.82) is 0 Å². The molecule has 0 aliphatic heterocycles. The van der Waals surface area contributed by atoms with E-state index in [0.29, 0.717) is 17.4 Å². The highest BCUT2D eigenvalue weighted by molar-refractivity contribution is 7.45. The van der Waals surface area contributed by atoms with Crippen molar-refractivity contribution in [2.45, 2.75) is 347 Å². The number of rotatable bonds is 66. The molecule has 0 aliphatic carbocycles. The number of phosphoric ester groups is 1. The molecule has 83 heavy (non-hydrogen) atoms. The number of esters is 2. The first kappa shape index (κ1) is 80.7. The van der Waals surface area contributed by atoms with E-state index in [-0.39, 0.29) is 32.0 Å². The molecule has 0 bridgehead atoms. The van der Waals surface area contributed by atoms with Crippen molar-refractivity contribution in [2.24, 2.45) is 0 Å². The maximum Gasteiger partial charge on any atom is 0.306 e. The maximum atomic E-state index is 12.8. The van der Waals surface area contributed by atoms with Crippen molar-refractivity contribution in [3.05, 3.63) is 60.8 Å². The van der Waals surface area contributed by atoms with E-state index in [9.17, 15) is 19.0 Å². The number of ether oxygens (including phenoxy) is 2. The zero-order valence-corrected chi connectivity index (χ0v) is 56.3. The standard InChI is InChI=1S/C73H136NO8P/c1-6-8-10-12-14-16-18-20-22-24-26-27-28-29-30-31-32-33-34-35-36-37-38-39-40-41-42-43-44-45-46-48-49-51-53-55-57-59-61-63-65-72(75)79-69-71(70-81-83(77,78)80-68-67-74(3,4)5)82-73(76)66-64-62-60-58-56-54-52-50-47-25-23-21-19-17-15-13-11-9-7-2/h9,11,15,17,21,23,47,50,54,56,71H,6-8,10,12-14,16,18-20,22,24-46,48-49,51-53,55,57-70H2,1-5H3/b11-9-,17-15-,23-21-,50-47-,56-54-. The van der Waals surface area contributed by atoms with E-state index in [1.807, 2.05) is 21.1 Å². The fraction of sp³-hybridized carbons (Fsp3) is 0.836. The summed E-state index contributed by atoms with van der Waals surface area (Å²) >= 11 is 0. The highest BCUT2D eigenvalue weighted by Crippen LogP contribution is 2.38. The van der Waals surface area contributed by atoms with Gasteiger partial charge >= 0.3 is 11.9 Å². The minimum Gasteiger partial charge on any atom is -0.756 e. The summed E-state index contributed by atoms with van der Waals surface area (Å²) in [5.41, 5.74) is 0. The third-order valence-corrected chi connectivity index (χ3v) is 16.8. The van der Waals surface area contributed by atoms with E-state index in [4.69, 9.17) is 18.5 Å². The number of unbranched alkanes of at least 4 members (excludes halogenated alkanes) is 42. The molecule has 9 nitrogen and oxygen atoms in total. The number of nitrogens with zero attached hydrogens (tertiary/aromatic N) is 1. The van der Waals surface area contributed by atoms with Crippen LogP contribution in [0.25, 0.3) is 0 Å². The largest absolute Gasteiger partial charge is 0.756 e. The Morgan fingerprint density at radius 3 is 1.02 bits per heavy atom. The Hall–Kier alpha value is -2.29. The fourth-order valence-corrected chi connectivity index (χ4v) is 11.1. The van der Waals surface area contributed by atoms with Gasteiger partial charge in [0.1, 0.15) is 19.8 Å². The van der Waals surface area contributed by atoms with Crippen molar-refractivity contribution in [3.8, 4) is 0 Å². The topological polar surface area (TPSA) is 111 Å². The molecule has 0 fully saturated rings. The lowest BCUT2D eigenvalue weighted by molar-refractivity contribution is -0.870. The molecule has 486 valence electrons. The average molecular weight is 1190 g/mol.